The molecule has 0 unspecified atom stereocenters. The molecule has 82 valence electrons. The minimum atomic E-state index is -0.826. The lowest BCUT2D eigenvalue weighted by Crippen LogP contribution is -2.47. The molecule has 2 fully saturated rings. The van der Waals surface area contributed by atoms with E-state index in [2.05, 4.69) is 8.61 Å². The first-order valence-corrected chi connectivity index (χ1v) is 6.86. The van der Waals surface area contributed by atoms with Gasteiger partial charge in [-0.2, -0.15) is 0 Å². The van der Waals surface area contributed by atoms with E-state index in [-0.39, 0.29) is 0 Å². The van der Waals surface area contributed by atoms with E-state index >= 15 is 0 Å². The first-order valence-electron chi connectivity index (χ1n) is 5.80. The molecule has 0 aromatic heterocycles. The van der Waals surface area contributed by atoms with Gasteiger partial charge >= 0.3 is 0 Å². The van der Waals surface area contributed by atoms with Gasteiger partial charge in [0.15, 0.2) is 0 Å². The molecule has 2 rings (SSSR count). The predicted molar refractivity (Wildman–Crippen MR) is 59.0 cm³/mol. The molecule has 0 bridgehead atoms. The molecule has 0 amide bonds. The van der Waals surface area contributed by atoms with Crippen molar-refractivity contribution in [3.05, 3.63) is 0 Å². The van der Waals surface area contributed by atoms with E-state index in [0.29, 0.717) is 0 Å². The normalized spacial score (nSPS) is 27.0. The van der Waals surface area contributed by atoms with E-state index in [1.165, 1.54) is 38.5 Å². The van der Waals surface area contributed by atoms with Crippen LogP contribution in [0.1, 0.15) is 38.5 Å². The molecule has 2 saturated heterocycles. The number of piperidine rings is 2. The molecule has 0 radical (unpaired) electrons. The predicted octanol–water partition coefficient (Wildman–Crippen LogP) is 1.54. The lowest BCUT2D eigenvalue weighted by Gasteiger charge is -2.34. The molecule has 2 aliphatic heterocycles. The highest BCUT2D eigenvalue weighted by molar-refractivity contribution is 7.86. The van der Waals surface area contributed by atoms with Crippen molar-refractivity contribution < 1.29 is 4.55 Å². The molecule has 2 heterocycles. The zero-order valence-electron chi connectivity index (χ0n) is 8.78. The standard InChI is InChI=1S/C10H20N2OS/c13-14(11-7-3-1-4-8-11)12-9-5-2-6-10-12/h1-10H2. The number of hydrogen-bond acceptors (Lipinski definition) is 3. The van der Waals surface area contributed by atoms with E-state index in [1.807, 2.05) is 0 Å². The second kappa shape index (κ2) is 5.35. The minimum Gasteiger partial charge on any atom is -0.578 e. The fourth-order valence-electron chi connectivity index (χ4n) is 2.21. The van der Waals surface area contributed by atoms with Crippen molar-refractivity contribution in [3.8, 4) is 0 Å². The van der Waals surface area contributed by atoms with Crippen molar-refractivity contribution in [2.24, 2.45) is 0 Å². The minimum absolute atomic E-state index is 0.826. The van der Waals surface area contributed by atoms with Crippen LogP contribution < -0.4 is 0 Å². The second-order valence-corrected chi connectivity index (χ2v) is 5.70. The van der Waals surface area contributed by atoms with E-state index in [1.54, 1.807) is 0 Å². The first kappa shape index (κ1) is 10.7. The summed E-state index contributed by atoms with van der Waals surface area (Å²) in [6.07, 6.45) is 7.51. The molecule has 0 spiro atoms. The zero-order valence-corrected chi connectivity index (χ0v) is 9.60. The van der Waals surface area contributed by atoms with Crippen LogP contribution in [0.2, 0.25) is 0 Å². The van der Waals surface area contributed by atoms with Gasteiger partial charge in [0.05, 0.1) is 0 Å². The molecule has 0 aromatic rings. The number of rotatable bonds is 2. The maximum absolute atomic E-state index is 12.1. The summed E-state index contributed by atoms with van der Waals surface area (Å²) in [5.41, 5.74) is 0. The lowest BCUT2D eigenvalue weighted by atomic mass is 10.2. The van der Waals surface area contributed by atoms with Crippen LogP contribution in [-0.4, -0.2) is 39.3 Å². The summed E-state index contributed by atoms with van der Waals surface area (Å²) in [5.74, 6) is 0. The van der Waals surface area contributed by atoms with Gasteiger partial charge in [-0.1, -0.05) is 12.8 Å². The molecule has 0 atom stereocenters. The Morgan fingerprint density at radius 2 is 1.00 bits per heavy atom. The molecule has 0 aromatic carbocycles. The zero-order chi connectivity index (χ0) is 9.80. The van der Waals surface area contributed by atoms with E-state index in [9.17, 15) is 4.55 Å². The summed E-state index contributed by atoms with van der Waals surface area (Å²) in [6, 6.07) is 0. The van der Waals surface area contributed by atoms with E-state index < -0.39 is 11.5 Å². The van der Waals surface area contributed by atoms with Gasteiger partial charge in [0.2, 0.25) is 0 Å². The third-order valence-electron chi connectivity index (χ3n) is 3.07. The van der Waals surface area contributed by atoms with Crippen molar-refractivity contribution in [1.29, 1.82) is 0 Å². The van der Waals surface area contributed by atoms with Gasteiger partial charge in [-0.25, -0.2) is 0 Å². The van der Waals surface area contributed by atoms with Crippen molar-refractivity contribution >= 4 is 11.5 Å². The Morgan fingerprint density at radius 3 is 1.36 bits per heavy atom. The summed E-state index contributed by atoms with van der Waals surface area (Å²) < 4.78 is 16.4. The third kappa shape index (κ3) is 2.63. The average Bonchev–Trinajstić information content (AvgIpc) is 2.30. The Bertz CT molecular complexity index is 150. The summed E-state index contributed by atoms with van der Waals surface area (Å²) in [6.45, 7) is 4.12. The highest BCUT2D eigenvalue weighted by Gasteiger charge is 2.30. The van der Waals surface area contributed by atoms with Crippen LogP contribution in [-0.2, 0) is 11.5 Å². The summed E-state index contributed by atoms with van der Waals surface area (Å²) >= 11 is -0.826. The van der Waals surface area contributed by atoms with Crippen LogP contribution in [0.3, 0.4) is 0 Å². The van der Waals surface area contributed by atoms with Crippen molar-refractivity contribution in [2.45, 2.75) is 38.5 Å². The SMILES string of the molecule is [O-][S+](N1CCCCC1)N1CCCCC1. The second-order valence-electron chi connectivity index (χ2n) is 4.21. The van der Waals surface area contributed by atoms with Crippen LogP contribution in [0, 0.1) is 0 Å². The van der Waals surface area contributed by atoms with Gasteiger partial charge < -0.3 is 4.55 Å². The Kier molecular flexibility index (Phi) is 4.10. The van der Waals surface area contributed by atoms with Gasteiger partial charge in [0.25, 0.3) is 0 Å². The number of hydrogen-bond donors (Lipinski definition) is 0. The largest absolute Gasteiger partial charge is 0.578 e. The fourth-order valence-corrected chi connectivity index (χ4v) is 3.67. The number of nitrogens with zero attached hydrogens (tertiary/aromatic N) is 2. The Labute approximate surface area is 89.9 Å². The smallest absolute Gasteiger partial charge is 0.140 e. The third-order valence-corrected chi connectivity index (χ3v) is 4.69. The van der Waals surface area contributed by atoms with Crippen molar-refractivity contribution in [1.82, 2.24) is 8.61 Å². The molecule has 0 aliphatic carbocycles. The molecule has 2 aliphatic rings. The first-order chi connectivity index (χ1) is 6.88. The highest BCUT2D eigenvalue weighted by Crippen LogP contribution is 2.19. The maximum atomic E-state index is 12.1. The van der Waals surface area contributed by atoms with Crippen molar-refractivity contribution in [3.63, 3.8) is 0 Å². The van der Waals surface area contributed by atoms with Gasteiger partial charge in [-0.15, -0.1) is 8.61 Å². The summed E-state index contributed by atoms with van der Waals surface area (Å²) in [5, 5.41) is 0. The van der Waals surface area contributed by atoms with Gasteiger partial charge in [-0.3, -0.25) is 0 Å². The molecule has 4 heteroatoms. The Balaban J connectivity index is 1.82. The van der Waals surface area contributed by atoms with Crippen LogP contribution in [0.15, 0.2) is 0 Å². The lowest BCUT2D eigenvalue weighted by molar-refractivity contribution is 0.281. The highest BCUT2D eigenvalue weighted by atomic mass is 32.2. The Morgan fingerprint density at radius 1 is 0.643 bits per heavy atom. The van der Waals surface area contributed by atoms with Crippen molar-refractivity contribution in [2.75, 3.05) is 26.2 Å². The molecule has 0 N–H and O–H groups in total. The van der Waals surface area contributed by atoms with Crippen LogP contribution in [0.5, 0.6) is 0 Å². The van der Waals surface area contributed by atoms with Crippen LogP contribution >= 0.6 is 0 Å². The maximum Gasteiger partial charge on any atom is 0.140 e. The fraction of sp³-hybridized carbons (Fsp3) is 1.00. The van der Waals surface area contributed by atoms with E-state index in [4.69, 9.17) is 0 Å². The molecule has 3 nitrogen and oxygen atoms in total. The van der Waals surface area contributed by atoms with Crippen LogP contribution in [0.25, 0.3) is 0 Å². The monoisotopic (exact) mass is 216 g/mol. The average molecular weight is 216 g/mol. The molecule has 14 heavy (non-hydrogen) atoms. The van der Waals surface area contributed by atoms with Crippen LogP contribution in [0.4, 0.5) is 0 Å². The molecule has 0 saturated carbocycles. The summed E-state index contributed by atoms with van der Waals surface area (Å²) in [4.78, 5) is 0. The molecular weight excluding hydrogens is 196 g/mol. The Hall–Kier alpha value is 0.230. The van der Waals surface area contributed by atoms with Gasteiger partial charge in [0.1, 0.15) is 11.5 Å². The molecular formula is C10H20N2OS. The topological polar surface area (TPSA) is 29.5 Å². The quantitative estimate of drug-likeness (QED) is 0.656. The van der Waals surface area contributed by atoms with Gasteiger partial charge in [-0.05, 0) is 25.7 Å². The van der Waals surface area contributed by atoms with E-state index in [0.717, 1.165) is 26.2 Å². The van der Waals surface area contributed by atoms with Gasteiger partial charge in [0, 0.05) is 26.2 Å². The summed E-state index contributed by atoms with van der Waals surface area (Å²) in [7, 11) is 0.